The standard InChI is InChI=1S/C18H17NO4/c1-2-23-18(22)12-5-3-4-6-13(12)19-16(20)14-10-7-8-11(9-10)15(14)17(19)21/h3-8,10-11,14-15H,2,9H2,1H3/t10-,11-,14-,15-/m0/s1. The summed E-state index contributed by atoms with van der Waals surface area (Å²) in [6, 6.07) is 6.65. The molecule has 1 aromatic carbocycles. The van der Waals surface area contributed by atoms with Crippen LogP contribution in [0.1, 0.15) is 23.7 Å². The van der Waals surface area contributed by atoms with Gasteiger partial charge in [0, 0.05) is 0 Å². The van der Waals surface area contributed by atoms with Crippen LogP contribution in [0.25, 0.3) is 0 Å². The van der Waals surface area contributed by atoms with Crippen LogP contribution >= 0.6 is 0 Å². The normalized spacial score (nSPS) is 30.9. The van der Waals surface area contributed by atoms with Crippen molar-refractivity contribution < 1.29 is 19.1 Å². The number of benzene rings is 1. The van der Waals surface area contributed by atoms with E-state index in [1.54, 1.807) is 31.2 Å². The van der Waals surface area contributed by atoms with Gasteiger partial charge in [-0.15, -0.1) is 0 Å². The number of amides is 2. The van der Waals surface area contributed by atoms with E-state index in [-0.39, 0.29) is 47.7 Å². The van der Waals surface area contributed by atoms with Crippen LogP contribution in [0.15, 0.2) is 36.4 Å². The Labute approximate surface area is 133 Å². The highest BCUT2D eigenvalue weighted by Gasteiger charge is 2.59. The van der Waals surface area contributed by atoms with Crippen molar-refractivity contribution in [1.29, 1.82) is 0 Å². The molecule has 1 saturated carbocycles. The highest BCUT2D eigenvalue weighted by Crippen LogP contribution is 2.53. The number of rotatable bonds is 3. The summed E-state index contributed by atoms with van der Waals surface area (Å²) in [5.74, 6) is -1.12. The zero-order valence-corrected chi connectivity index (χ0v) is 12.8. The van der Waals surface area contributed by atoms with E-state index < -0.39 is 5.97 Å². The molecule has 0 N–H and O–H groups in total. The first-order chi connectivity index (χ1) is 11.1. The first-order valence-corrected chi connectivity index (χ1v) is 7.95. The maximum Gasteiger partial charge on any atom is 0.340 e. The molecule has 23 heavy (non-hydrogen) atoms. The van der Waals surface area contributed by atoms with Gasteiger partial charge >= 0.3 is 5.97 Å². The van der Waals surface area contributed by atoms with E-state index in [1.807, 2.05) is 0 Å². The number of imide groups is 1. The Morgan fingerprint density at radius 3 is 2.35 bits per heavy atom. The van der Waals surface area contributed by atoms with Crippen molar-refractivity contribution in [2.45, 2.75) is 13.3 Å². The van der Waals surface area contributed by atoms with E-state index >= 15 is 0 Å². The Morgan fingerprint density at radius 2 is 1.74 bits per heavy atom. The van der Waals surface area contributed by atoms with Gasteiger partial charge in [-0.1, -0.05) is 24.3 Å². The lowest BCUT2D eigenvalue weighted by molar-refractivity contribution is -0.123. The van der Waals surface area contributed by atoms with Gasteiger partial charge in [0.1, 0.15) is 0 Å². The van der Waals surface area contributed by atoms with Crippen LogP contribution in [0.5, 0.6) is 0 Å². The van der Waals surface area contributed by atoms with Gasteiger partial charge in [0.05, 0.1) is 29.7 Å². The maximum atomic E-state index is 12.8. The van der Waals surface area contributed by atoms with Crippen LogP contribution in [0, 0.1) is 23.7 Å². The van der Waals surface area contributed by atoms with Gasteiger partial charge in [-0.2, -0.15) is 0 Å². The largest absolute Gasteiger partial charge is 0.462 e. The van der Waals surface area contributed by atoms with E-state index in [1.165, 1.54) is 4.90 Å². The summed E-state index contributed by atoms with van der Waals surface area (Å²) >= 11 is 0. The third kappa shape index (κ3) is 1.89. The maximum absolute atomic E-state index is 12.8. The molecule has 0 radical (unpaired) electrons. The fraction of sp³-hybridized carbons (Fsp3) is 0.389. The Hall–Kier alpha value is -2.43. The first kappa shape index (κ1) is 14.2. The zero-order chi connectivity index (χ0) is 16.1. The average Bonchev–Trinajstić information content (AvgIpc) is 3.22. The van der Waals surface area contributed by atoms with Crippen LogP contribution in [-0.2, 0) is 14.3 Å². The lowest BCUT2D eigenvalue weighted by Gasteiger charge is -2.19. The van der Waals surface area contributed by atoms with Crippen LogP contribution in [-0.4, -0.2) is 24.4 Å². The summed E-state index contributed by atoms with van der Waals surface area (Å²) in [5.41, 5.74) is 0.603. The molecule has 1 heterocycles. The highest BCUT2D eigenvalue weighted by atomic mass is 16.5. The van der Waals surface area contributed by atoms with Crippen molar-refractivity contribution in [3.8, 4) is 0 Å². The minimum absolute atomic E-state index is 0.154. The number of allylic oxidation sites excluding steroid dienone is 2. The average molecular weight is 311 g/mol. The zero-order valence-electron chi connectivity index (χ0n) is 12.8. The van der Waals surface area contributed by atoms with Crippen molar-refractivity contribution in [2.75, 3.05) is 11.5 Å². The van der Waals surface area contributed by atoms with Crippen molar-refractivity contribution in [1.82, 2.24) is 0 Å². The van der Waals surface area contributed by atoms with Gasteiger partial charge < -0.3 is 4.74 Å². The molecule has 1 aromatic rings. The molecular weight excluding hydrogens is 294 g/mol. The fourth-order valence-corrected chi connectivity index (χ4v) is 4.19. The predicted molar refractivity (Wildman–Crippen MR) is 82.6 cm³/mol. The van der Waals surface area contributed by atoms with E-state index in [0.717, 1.165) is 6.42 Å². The molecule has 0 spiro atoms. The number of fused-ring (bicyclic) bond motifs is 5. The SMILES string of the molecule is CCOC(=O)c1ccccc1N1C(=O)[C@@H]2[C@@H](C1=O)[C@H]1C=C[C@H]2C1. The van der Waals surface area contributed by atoms with E-state index in [2.05, 4.69) is 12.2 Å². The van der Waals surface area contributed by atoms with Crippen molar-refractivity contribution >= 4 is 23.5 Å². The summed E-state index contributed by atoms with van der Waals surface area (Å²) < 4.78 is 5.05. The van der Waals surface area contributed by atoms with Crippen LogP contribution in [0.3, 0.4) is 0 Å². The minimum Gasteiger partial charge on any atom is -0.462 e. The van der Waals surface area contributed by atoms with Crippen molar-refractivity contribution in [2.24, 2.45) is 23.7 Å². The first-order valence-electron chi connectivity index (χ1n) is 7.95. The number of hydrogen-bond acceptors (Lipinski definition) is 4. The third-order valence-corrected chi connectivity index (χ3v) is 5.11. The lowest BCUT2D eigenvalue weighted by atomic mass is 9.85. The molecule has 4 atom stereocenters. The predicted octanol–water partition coefficient (Wildman–Crippen LogP) is 2.17. The van der Waals surface area contributed by atoms with Gasteiger partial charge in [0.15, 0.2) is 0 Å². The monoisotopic (exact) mass is 311 g/mol. The quantitative estimate of drug-likeness (QED) is 0.487. The van der Waals surface area contributed by atoms with Gasteiger partial charge in [-0.3, -0.25) is 9.59 Å². The molecule has 5 heteroatoms. The number of carbonyl (C=O) groups is 3. The number of anilines is 1. The molecule has 1 aliphatic heterocycles. The van der Waals surface area contributed by atoms with Crippen LogP contribution in [0.4, 0.5) is 5.69 Å². The summed E-state index contributed by atoms with van der Waals surface area (Å²) in [5, 5.41) is 0. The van der Waals surface area contributed by atoms with E-state index in [9.17, 15) is 14.4 Å². The number of carbonyl (C=O) groups excluding carboxylic acids is 3. The summed E-state index contributed by atoms with van der Waals surface area (Å²) in [4.78, 5) is 39.0. The van der Waals surface area contributed by atoms with Crippen molar-refractivity contribution in [3.63, 3.8) is 0 Å². The van der Waals surface area contributed by atoms with Gasteiger partial charge in [0.25, 0.3) is 0 Å². The molecule has 1 saturated heterocycles. The Kier molecular flexibility index (Phi) is 3.11. The fourth-order valence-electron chi connectivity index (χ4n) is 4.19. The van der Waals surface area contributed by atoms with Crippen LogP contribution < -0.4 is 4.90 Å². The second kappa shape index (κ2) is 5.05. The number of para-hydroxylation sites is 1. The van der Waals surface area contributed by atoms with Gasteiger partial charge in [0.2, 0.25) is 11.8 Å². The number of esters is 1. The van der Waals surface area contributed by atoms with Gasteiger partial charge in [-0.05, 0) is 37.3 Å². The third-order valence-electron chi connectivity index (χ3n) is 5.11. The van der Waals surface area contributed by atoms with Gasteiger partial charge in [-0.25, -0.2) is 9.69 Å². The summed E-state index contributed by atoms with van der Waals surface area (Å²) in [6.45, 7) is 1.97. The molecule has 3 aliphatic rings. The second-order valence-electron chi connectivity index (χ2n) is 6.25. The molecule has 2 fully saturated rings. The molecule has 118 valence electrons. The molecule has 0 aromatic heterocycles. The molecule has 2 bridgehead atoms. The number of hydrogen-bond donors (Lipinski definition) is 0. The second-order valence-corrected chi connectivity index (χ2v) is 6.25. The van der Waals surface area contributed by atoms with E-state index in [4.69, 9.17) is 4.74 Å². The summed E-state index contributed by atoms with van der Waals surface area (Å²) in [6.07, 6.45) is 5.00. The molecule has 4 rings (SSSR count). The number of ether oxygens (including phenoxy) is 1. The lowest BCUT2D eigenvalue weighted by Crippen LogP contribution is -2.34. The number of nitrogens with zero attached hydrogens (tertiary/aromatic N) is 1. The smallest absolute Gasteiger partial charge is 0.340 e. The van der Waals surface area contributed by atoms with E-state index in [0.29, 0.717) is 5.69 Å². The molecule has 2 aliphatic carbocycles. The Morgan fingerprint density at radius 1 is 1.13 bits per heavy atom. The topological polar surface area (TPSA) is 63.7 Å². The Balaban J connectivity index is 1.74. The van der Waals surface area contributed by atoms with Crippen molar-refractivity contribution in [3.05, 3.63) is 42.0 Å². The highest BCUT2D eigenvalue weighted by molar-refractivity contribution is 6.24. The Bertz CT molecular complexity index is 708. The summed E-state index contributed by atoms with van der Waals surface area (Å²) in [7, 11) is 0. The molecule has 2 amide bonds. The minimum atomic E-state index is -0.512. The molecule has 5 nitrogen and oxygen atoms in total. The van der Waals surface area contributed by atoms with Crippen LogP contribution in [0.2, 0.25) is 0 Å². The molecule has 0 unspecified atom stereocenters. The molecular formula is C18H17NO4.